The van der Waals surface area contributed by atoms with E-state index in [1.54, 1.807) is 6.20 Å². The van der Waals surface area contributed by atoms with Gasteiger partial charge < -0.3 is 4.90 Å². The van der Waals surface area contributed by atoms with Gasteiger partial charge in [-0.15, -0.1) is 0 Å². The Morgan fingerprint density at radius 3 is 2.75 bits per heavy atom. The summed E-state index contributed by atoms with van der Waals surface area (Å²) in [6, 6.07) is 13.1. The minimum absolute atomic E-state index is 0.0163. The van der Waals surface area contributed by atoms with E-state index in [1.165, 1.54) is 11.1 Å². The van der Waals surface area contributed by atoms with Crippen molar-refractivity contribution in [1.82, 2.24) is 14.8 Å². The van der Waals surface area contributed by atoms with E-state index in [-0.39, 0.29) is 6.04 Å². The van der Waals surface area contributed by atoms with Crippen LogP contribution in [0.25, 0.3) is 11.1 Å². The molecule has 4 nitrogen and oxygen atoms in total. The molecule has 1 aromatic carbocycles. The molecule has 0 saturated carbocycles. The molecule has 0 bridgehead atoms. The summed E-state index contributed by atoms with van der Waals surface area (Å²) >= 11 is 0. The molecule has 2 aliphatic heterocycles. The summed E-state index contributed by atoms with van der Waals surface area (Å²) in [6.07, 6.45) is 5.97. The molecule has 2 atom stereocenters. The van der Waals surface area contributed by atoms with Crippen molar-refractivity contribution in [2.75, 3.05) is 13.1 Å². The molecule has 1 amide bonds. The quantitative estimate of drug-likeness (QED) is 0.872. The highest BCUT2D eigenvalue weighted by atomic mass is 16.2. The van der Waals surface area contributed by atoms with Crippen LogP contribution in [0.1, 0.15) is 25.3 Å². The molecule has 124 valence electrons. The first-order valence-corrected chi connectivity index (χ1v) is 8.76. The van der Waals surface area contributed by atoms with Crippen LogP contribution in [0.4, 0.5) is 0 Å². The van der Waals surface area contributed by atoms with Gasteiger partial charge in [0.1, 0.15) is 0 Å². The summed E-state index contributed by atoms with van der Waals surface area (Å²) < 4.78 is 0. The van der Waals surface area contributed by atoms with Crippen molar-refractivity contribution in [2.45, 2.75) is 38.4 Å². The molecular formula is C20H23N3O. The first-order valence-electron chi connectivity index (χ1n) is 8.76. The molecule has 2 fully saturated rings. The highest BCUT2D eigenvalue weighted by Crippen LogP contribution is 2.27. The Morgan fingerprint density at radius 2 is 2.00 bits per heavy atom. The SMILES string of the molecule is C[C@H]1C(=O)N2CCC[C@H]2CN1Cc1ccc(-c2cccnc2)cc1. The summed E-state index contributed by atoms with van der Waals surface area (Å²) in [5.74, 6) is 0.302. The minimum atomic E-state index is -0.0163. The van der Waals surface area contributed by atoms with Crippen LogP contribution in [-0.4, -0.2) is 45.9 Å². The highest BCUT2D eigenvalue weighted by molar-refractivity contribution is 5.83. The summed E-state index contributed by atoms with van der Waals surface area (Å²) in [4.78, 5) is 21.1. The number of amides is 1. The van der Waals surface area contributed by atoms with Crippen molar-refractivity contribution in [3.05, 3.63) is 54.4 Å². The third-order valence-corrected chi connectivity index (χ3v) is 5.35. The largest absolute Gasteiger partial charge is 0.337 e. The van der Waals surface area contributed by atoms with Crippen molar-refractivity contribution in [1.29, 1.82) is 0 Å². The van der Waals surface area contributed by atoms with Gasteiger partial charge in [-0.05, 0) is 42.5 Å². The number of fused-ring (bicyclic) bond motifs is 1. The highest BCUT2D eigenvalue weighted by Gasteiger charge is 2.39. The van der Waals surface area contributed by atoms with Crippen LogP contribution in [-0.2, 0) is 11.3 Å². The molecule has 3 heterocycles. The van der Waals surface area contributed by atoms with Crippen molar-refractivity contribution in [3.63, 3.8) is 0 Å². The molecule has 2 aromatic rings. The normalized spacial score (nSPS) is 24.2. The fraction of sp³-hybridized carbons (Fsp3) is 0.400. The molecule has 0 N–H and O–H groups in total. The zero-order chi connectivity index (χ0) is 16.5. The smallest absolute Gasteiger partial charge is 0.239 e. The zero-order valence-electron chi connectivity index (χ0n) is 14.1. The topological polar surface area (TPSA) is 36.4 Å². The Bertz CT molecular complexity index is 713. The molecule has 24 heavy (non-hydrogen) atoms. The molecular weight excluding hydrogens is 298 g/mol. The molecule has 0 aliphatic carbocycles. The van der Waals surface area contributed by atoms with Gasteiger partial charge in [-0.3, -0.25) is 14.7 Å². The average molecular weight is 321 g/mol. The number of benzene rings is 1. The van der Waals surface area contributed by atoms with Gasteiger partial charge in [-0.1, -0.05) is 30.3 Å². The molecule has 2 aliphatic rings. The van der Waals surface area contributed by atoms with Crippen LogP contribution in [0.15, 0.2) is 48.8 Å². The summed E-state index contributed by atoms with van der Waals surface area (Å²) in [5.41, 5.74) is 3.57. The van der Waals surface area contributed by atoms with Gasteiger partial charge >= 0.3 is 0 Å². The Kier molecular flexibility index (Phi) is 4.07. The van der Waals surface area contributed by atoms with Crippen molar-refractivity contribution < 1.29 is 4.79 Å². The zero-order valence-corrected chi connectivity index (χ0v) is 14.1. The van der Waals surface area contributed by atoms with Crippen molar-refractivity contribution in [3.8, 4) is 11.1 Å². The van der Waals surface area contributed by atoms with Crippen LogP contribution >= 0.6 is 0 Å². The lowest BCUT2D eigenvalue weighted by atomic mass is 10.0. The number of aromatic nitrogens is 1. The third-order valence-electron chi connectivity index (χ3n) is 5.35. The van der Waals surface area contributed by atoms with E-state index in [4.69, 9.17) is 0 Å². The number of pyridine rings is 1. The van der Waals surface area contributed by atoms with Gasteiger partial charge in [0.25, 0.3) is 0 Å². The molecule has 0 radical (unpaired) electrons. The number of carbonyl (C=O) groups is 1. The van der Waals surface area contributed by atoms with E-state index in [9.17, 15) is 4.79 Å². The monoisotopic (exact) mass is 321 g/mol. The predicted molar refractivity (Wildman–Crippen MR) is 94.3 cm³/mol. The number of rotatable bonds is 3. The Morgan fingerprint density at radius 1 is 1.17 bits per heavy atom. The van der Waals surface area contributed by atoms with E-state index in [1.807, 2.05) is 19.2 Å². The van der Waals surface area contributed by atoms with E-state index >= 15 is 0 Å². The number of carbonyl (C=O) groups excluding carboxylic acids is 1. The van der Waals surface area contributed by atoms with Gasteiger partial charge in [-0.25, -0.2) is 0 Å². The van der Waals surface area contributed by atoms with Crippen LogP contribution in [0.2, 0.25) is 0 Å². The second-order valence-electron chi connectivity index (χ2n) is 6.87. The van der Waals surface area contributed by atoms with Crippen LogP contribution in [0.3, 0.4) is 0 Å². The van der Waals surface area contributed by atoms with E-state index in [0.717, 1.165) is 38.0 Å². The number of hydrogen-bond donors (Lipinski definition) is 0. The summed E-state index contributed by atoms with van der Waals surface area (Å²) in [6.45, 7) is 4.82. The maximum atomic E-state index is 12.5. The van der Waals surface area contributed by atoms with Crippen LogP contribution in [0, 0.1) is 0 Å². The summed E-state index contributed by atoms with van der Waals surface area (Å²) in [5, 5.41) is 0. The van der Waals surface area contributed by atoms with Crippen molar-refractivity contribution >= 4 is 5.91 Å². The first-order chi connectivity index (χ1) is 11.7. The van der Waals surface area contributed by atoms with Gasteiger partial charge in [0.2, 0.25) is 5.91 Å². The van der Waals surface area contributed by atoms with E-state index in [0.29, 0.717) is 11.9 Å². The standard InChI is InChI=1S/C20H23N3O/c1-15-20(24)23-11-3-5-19(23)14-22(15)13-16-6-8-17(9-7-16)18-4-2-10-21-12-18/h2,4,6-10,12,15,19H,3,5,11,13-14H2,1H3/t15-,19-/m0/s1. The maximum Gasteiger partial charge on any atom is 0.239 e. The molecule has 1 aromatic heterocycles. The minimum Gasteiger partial charge on any atom is -0.337 e. The fourth-order valence-corrected chi connectivity index (χ4v) is 3.91. The van der Waals surface area contributed by atoms with Gasteiger partial charge in [0, 0.05) is 38.1 Å². The first kappa shape index (κ1) is 15.3. The summed E-state index contributed by atoms with van der Waals surface area (Å²) in [7, 11) is 0. The Labute approximate surface area is 143 Å². The molecule has 0 spiro atoms. The van der Waals surface area contributed by atoms with Gasteiger partial charge in [0.15, 0.2) is 0 Å². The van der Waals surface area contributed by atoms with Gasteiger partial charge in [-0.2, -0.15) is 0 Å². The number of hydrogen-bond acceptors (Lipinski definition) is 3. The number of piperazine rings is 1. The predicted octanol–water partition coefficient (Wildman–Crippen LogP) is 2.94. The lowest BCUT2D eigenvalue weighted by Gasteiger charge is -2.41. The number of nitrogens with zero attached hydrogens (tertiary/aromatic N) is 3. The Hall–Kier alpha value is -2.20. The molecule has 4 rings (SSSR count). The van der Waals surface area contributed by atoms with E-state index in [2.05, 4.69) is 45.1 Å². The third kappa shape index (κ3) is 2.82. The van der Waals surface area contributed by atoms with E-state index < -0.39 is 0 Å². The molecule has 0 unspecified atom stereocenters. The second kappa shape index (κ2) is 6.36. The van der Waals surface area contributed by atoms with Crippen LogP contribution in [0.5, 0.6) is 0 Å². The fourth-order valence-electron chi connectivity index (χ4n) is 3.91. The second-order valence-corrected chi connectivity index (χ2v) is 6.87. The average Bonchev–Trinajstić information content (AvgIpc) is 3.09. The lowest BCUT2D eigenvalue weighted by Crippen LogP contribution is -2.58. The molecule has 2 saturated heterocycles. The Balaban J connectivity index is 1.48. The maximum absolute atomic E-state index is 12.5. The van der Waals surface area contributed by atoms with Crippen molar-refractivity contribution in [2.24, 2.45) is 0 Å². The molecule has 4 heteroatoms. The lowest BCUT2D eigenvalue weighted by molar-refractivity contribution is -0.143. The van der Waals surface area contributed by atoms with Gasteiger partial charge in [0.05, 0.1) is 6.04 Å². The van der Waals surface area contributed by atoms with Crippen LogP contribution < -0.4 is 0 Å².